The lowest BCUT2D eigenvalue weighted by molar-refractivity contribution is 0.0553. The fourth-order valence-corrected chi connectivity index (χ4v) is 2.11. The molecule has 1 aliphatic rings. The number of nitrogens with zero attached hydrogens (tertiary/aromatic N) is 1. The van der Waals surface area contributed by atoms with Crippen LogP contribution in [-0.4, -0.2) is 49.0 Å². The maximum absolute atomic E-state index is 9.71. The number of aliphatic hydroxyl groups excluding tert-OH is 1. The van der Waals surface area contributed by atoms with Gasteiger partial charge in [-0.2, -0.15) is 0 Å². The Bertz CT molecular complexity index is 141. The molecule has 1 saturated carbocycles. The second-order valence-corrected chi connectivity index (χ2v) is 3.69. The summed E-state index contributed by atoms with van der Waals surface area (Å²) in [5.74, 6) is 0. The van der Waals surface area contributed by atoms with Crippen molar-refractivity contribution >= 4 is 0 Å². The van der Waals surface area contributed by atoms with E-state index in [1.54, 1.807) is 7.11 Å². The van der Waals surface area contributed by atoms with Gasteiger partial charge in [-0.3, -0.25) is 4.90 Å². The van der Waals surface area contributed by atoms with Gasteiger partial charge in [0.2, 0.25) is 0 Å². The molecule has 1 N–H and O–H groups in total. The Morgan fingerprint density at radius 1 is 1.46 bits per heavy atom. The number of methoxy groups -OCH3 is 1. The monoisotopic (exact) mass is 187 g/mol. The van der Waals surface area contributed by atoms with Gasteiger partial charge >= 0.3 is 0 Å². The Hall–Kier alpha value is -0.120. The molecule has 0 spiro atoms. The molecule has 2 atom stereocenters. The van der Waals surface area contributed by atoms with E-state index in [1.807, 2.05) is 0 Å². The Labute approximate surface area is 80.7 Å². The molecule has 0 bridgehead atoms. The minimum atomic E-state index is -0.114. The molecule has 13 heavy (non-hydrogen) atoms. The van der Waals surface area contributed by atoms with Crippen LogP contribution in [0, 0.1) is 0 Å². The minimum absolute atomic E-state index is 0.114. The lowest BCUT2D eigenvalue weighted by atomic mass is 10.2. The van der Waals surface area contributed by atoms with E-state index in [1.165, 1.54) is 0 Å². The van der Waals surface area contributed by atoms with E-state index >= 15 is 0 Å². The van der Waals surface area contributed by atoms with Gasteiger partial charge in [-0.05, 0) is 25.8 Å². The number of rotatable bonds is 5. The highest BCUT2D eigenvalue weighted by Gasteiger charge is 2.29. The summed E-state index contributed by atoms with van der Waals surface area (Å²) in [6.07, 6.45) is 3.15. The quantitative estimate of drug-likeness (QED) is 0.693. The summed E-state index contributed by atoms with van der Waals surface area (Å²) in [7, 11) is 1.72. The first kappa shape index (κ1) is 11.0. The van der Waals surface area contributed by atoms with Crippen molar-refractivity contribution in [1.82, 2.24) is 4.90 Å². The molecular formula is C10H21NO2. The zero-order valence-electron chi connectivity index (χ0n) is 8.70. The highest BCUT2D eigenvalue weighted by atomic mass is 16.5. The lowest BCUT2D eigenvalue weighted by Crippen LogP contribution is -2.42. The van der Waals surface area contributed by atoms with Crippen LogP contribution in [0.3, 0.4) is 0 Å². The summed E-state index contributed by atoms with van der Waals surface area (Å²) in [6.45, 7) is 4.84. The molecular weight excluding hydrogens is 166 g/mol. The lowest BCUT2D eigenvalue weighted by Gasteiger charge is -2.29. The number of hydrogen-bond donors (Lipinski definition) is 1. The van der Waals surface area contributed by atoms with Crippen molar-refractivity contribution < 1.29 is 9.84 Å². The molecule has 0 radical (unpaired) electrons. The molecule has 0 unspecified atom stereocenters. The third-order valence-electron chi connectivity index (χ3n) is 2.90. The van der Waals surface area contributed by atoms with Gasteiger partial charge in [0.15, 0.2) is 0 Å². The second kappa shape index (κ2) is 5.58. The number of hydrogen-bond acceptors (Lipinski definition) is 3. The van der Waals surface area contributed by atoms with Crippen molar-refractivity contribution in [2.24, 2.45) is 0 Å². The smallest absolute Gasteiger partial charge is 0.0695 e. The van der Waals surface area contributed by atoms with Crippen LogP contribution in [0.4, 0.5) is 0 Å². The molecule has 1 rings (SSSR count). The van der Waals surface area contributed by atoms with Crippen LogP contribution < -0.4 is 0 Å². The maximum atomic E-state index is 9.71. The van der Waals surface area contributed by atoms with Crippen molar-refractivity contribution in [3.8, 4) is 0 Å². The van der Waals surface area contributed by atoms with E-state index in [9.17, 15) is 5.11 Å². The SMILES string of the molecule is CCN(CCOC)[C@H]1CCC[C@@H]1O. The number of ether oxygens (including phenoxy) is 1. The topological polar surface area (TPSA) is 32.7 Å². The summed E-state index contributed by atoms with van der Waals surface area (Å²) >= 11 is 0. The molecule has 78 valence electrons. The molecule has 3 heteroatoms. The highest BCUT2D eigenvalue weighted by molar-refractivity contribution is 4.84. The van der Waals surface area contributed by atoms with Crippen LogP contribution in [0.1, 0.15) is 26.2 Å². The molecule has 0 saturated heterocycles. The molecule has 1 aliphatic carbocycles. The Morgan fingerprint density at radius 3 is 2.69 bits per heavy atom. The van der Waals surface area contributed by atoms with Crippen molar-refractivity contribution in [3.63, 3.8) is 0 Å². The van der Waals surface area contributed by atoms with Gasteiger partial charge < -0.3 is 9.84 Å². The van der Waals surface area contributed by atoms with Crippen LogP contribution in [-0.2, 0) is 4.74 Å². The predicted molar refractivity (Wildman–Crippen MR) is 52.8 cm³/mol. The fourth-order valence-electron chi connectivity index (χ4n) is 2.11. The van der Waals surface area contributed by atoms with Crippen molar-refractivity contribution in [3.05, 3.63) is 0 Å². The molecule has 0 amide bonds. The maximum Gasteiger partial charge on any atom is 0.0695 e. The molecule has 0 heterocycles. The van der Waals surface area contributed by atoms with Gasteiger partial charge in [0.1, 0.15) is 0 Å². The van der Waals surface area contributed by atoms with Gasteiger partial charge in [-0.1, -0.05) is 6.92 Å². The van der Waals surface area contributed by atoms with Crippen LogP contribution >= 0.6 is 0 Å². The van der Waals surface area contributed by atoms with Crippen LogP contribution in [0.15, 0.2) is 0 Å². The van der Waals surface area contributed by atoms with Gasteiger partial charge in [0, 0.05) is 19.7 Å². The van der Waals surface area contributed by atoms with Gasteiger partial charge in [0.05, 0.1) is 12.7 Å². The summed E-state index contributed by atoms with van der Waals surface area (Å²) in [5, 5.41) is 9.71. The molecule has 1 fully saturated rings. The van der Waals surface area contributed by atoms with E-state index in [4.69, 9.17) is 4.74 Å². The van der Waals surface area contributed by atoms with Crippen LogP contribution in [0.25, 0.3) is 0 Å². The van der Waals surface area contributed by atoms with Gasteiger partial charge in [-0.15, -0.1) is 0 Å². The molecule has 0 aromatic heterocycles. The van der Waals surface area contributed by atoms with Gasteiger partial charge in [-0.25, -0.2) is 0 Å². The number of aliphatic hydroxyl groups is 1. The fraction of sp³-hybridized carbons (Fsp3) is 1.00. The average Bonchev–Trinajstić information content (AvgIpc) is 2.54. The molecule has 3 nitrogen and oxygen atoms in total. The predicted octanol–water partition coefficient (Wildman–Crippen LogP) is 0.868. The first-order valence-electron chi connectivity index (χ1n) is 5.20. The summed E-state index contributed by atoms with van der Waals surface area (Å²) in [4.78, 5) is 2.32. The van der Waals surface area contributed by atoms with Crippen LogP contribution in [0.2, 0.25) is 0 Å². The van der Waals surface area contributed by atoms with Crippen molar-refractivity contribution in [2.45, 2.75) is 38.3 Å². The Balaban J connectivity index is 2.35. The average molecular weight is 187 g/mol. The largest absolute Gasteiger partial charge is 0.391 e. The van der Waals surface area contributed by atoms with Crippen LogP contribution in [0.5, 0.6) is 0 Å². The second-order valence-electron chi connectivity index (χ2n) is 3.69. The molecule has 0 aromatic carbocycles. The minimum Gasteiger partial charge on any atom is -0.391 e. The third-order valence-corrected chi connectivity index (χ3v) is 2.90. The van der Waals surface area contributed by atoms with E-state index < -0.39 is 0 Å². The highest BCUT2D eigenvalue weighted by Crippen LogP contribution is 2.23. The third kappa shape index (κ3) is 2.93. The van der Waals surface area contributed by atoms with E-state index in [0.717, 1.165) is 39.0 Å². The Morgan fingerprint density at radius 2 is 2.23 bits per heavy atom. The van der Waals surface area contributed by atoms with E-state index in [-0.39, 0.29) is 6.10 Å². The zero-order valence-corrected chi connectivity index (χ0v) is 8.70. The standard InChI is InChI=1S/C10H21NO2/c1-3-11(7-8-13-2)9-5-4-6-10(9)12/h9-10,12H,3-8H2,1-2H3/t9-,10-/m0/s1. The summed E-state index contributed by atoms with van der Waals surface area (Å²) < 4.78 is 5.05. The van der Waals surface area contributed by atoms with E-state index in [2.05, 4.69) is 11.8 Å². The van der Waals surface area contributed by atoms with E-state index in [0.29, 0.717) is 6.04 Å². The zero-order chi connectivity index (χ0) is 9.68. The van der Waals surface area contributed by atoms with Gasteiger partial charge in [0.25, 0.3) is 0 Å². The van der Waals surface area contributed by atoms with Crippen molar-refractivity contribution in [1.29, 1.82) is 0 Å². The van der Waals surface area contributed by atoms with Crippen molar-refractivity contribution in [2.75, 3.05) is 26.8 Å². The normalized spacial score (nSPS) is 28.6. The number of likely N-dealkylation sites (N-methyl/N-ethyl adjacent to an activating group) is 1. The molecule has 0 aromatic rings. The first-order valence-corrected chi connectivity index (χ1v) is 5.20. The summed E-state index contributed by atoms with van der Waals surface area (Å²) in [6, 6.07) is 0.375. The Kier molecular flexibility index (Phi) is 4.70. The molecule has 0 aliphatic heterocycles. The summed E-state index contributed by atoms with van der Waals surface area (Å²) in [5.41, 5.74) is 0. The first-order chi connectivity index (χ1) is 6.29.